The molecule has 90 valence electrons. The minimum atomic E-state index is 0.0989. The van der Waals surface area contributed by atoms with E-state index in [4.69, 9.17) is 14.6 Å². The number of rotatable bonds is 10. The zero-order chi connectivity index (χ0) is 11.0. The van der Waals surface area contributed by atoms with Gasteiger partial charge >= 0.3 is 0 Å². The van der Waals surface area contributed by atoms with Gasteiger partial charge in [0.2, 0.25) is 0 Å². The predicted molar refractivity (Wildman–Crippen MR) is 60.0 cm³/mol. The van der Waals surface area contributed by atoms with Crippen molar-refractivity contribution >= 4 is 0 Å². The Morgan fingerprint density at radius 2 is 1.93 bits per heavy atom. The van der Waals surface area contributed by atoms with Crippen molar-refractivity contribution in [1.82, 2.24) is 0 Å². The Morgan fingerprint density at radius 1 is 1.13 bits per heavy atom. The number of unbranched alkanes of at least 4 members (excludes halogenated alkanes) is 2. The summed E-state index contributed by atoms with van der Waals surface area (Å²) < 4.78 is 11.0. The highest BCUT2D eigenvalue weighted by Crippen LogP contribution is 2.43. The van der Waals surface area contributed by atoms with Gasteiger partial charge in [0.1, 0.15) is 0 Å². The molecule has 0 aliphatic heterocycles. The molecule has 0 spiro atoms. The summed E-state index contributed by atoms with van der Waals surface area (Å²) >= 11 is 0. The molecule has 0 atom stereocenters. The van der Waals surface area contributed by atoms with E-state index in [2.05, 4.69) is 6.92 Å². The van der Waals surface area contributed by atoms with Crippen molar-refractivity contribution < 1.29 is 14.6 Å². The van der Waals surface area contributed by atoms with Crippen LogP contribution in [0.4, 0.5) is 0 Å². The Kier molecular flexibility index (Phi) is 6.22. The SMILES string of the molecule is CCCCCC1(OCCOCCO)CC1. The second-order valence-electron chi connectivity index (χ2n) is 4.32. The fourth-order valence-corrected chi connectivity index (χ4v) is 1.79. The van der Waals surface area contributed by atoms with Gasteiger partial charge in [-0.25, -0.2) is 0 Å². The Hall–Kier alpha value is -0.120. The highest BCUT2D eigenvalue weighted by Gasteiger charge is 2.42. The molecule has 0 bridgehead atoms. The third-order valence-electron chi connectivity index (χ3n) is 2.92. The van der Waals surface area contributed by atoms with Crippen LogP contribution in [0.2, 0.25) is 0 Å². The summed E-state index contributed by atoms with van der Waals surface area (Å²) in [5.41, 5.74) is 0.206. The summed E-state index contributed by atoms with van der Waals surface area (Å²) in [6.45, 7) is 4.03. The van der Waals surface area contributed by atoms with Crippen molar-refractivity contribution in [2.45, 2.75) is 51.0 Å². The van der Waals surface area contributed by atoms with E-state index in [0.29, 0.717) is 19.8 Å². The van der Waals surface area contributed by atoms with E-state index in [1.54, 1.807) is 0 Å². The van der Waals surface area contributed by atoms with Gasteiger partial charge < -0.3 is 14.6 Å². The van der Waals surface area contributed by atoms with Crippen molar-refractivity contribution in [2.24, 2.45) is 0 Å². The third-order valence-corrected chi connectivity index (χ3v) is 2.92. The number of hydrogen-bond acceptors (Lipinski definition) is 3. The van der Waals surface area contributed by atoms with E-state index in [0.717, 1.165) is 0 Å². The maximum atomic E-state index is 8.52. The Bertz CT molecular complexity index is 155. The van der Waals surface area contributed by atoms with E-state index in [9.17, 15) is 0 Å². The lowest BCUT2D eigenvalue weighted by Crippen LogP contribution is -2.18. The fourth-order valence-electron chi connectivity index (χ4n) is 1.79. The number of hydrogen-bond donors (Lipinski definition) is 1. The van der Waals surface area contributed by atoms with Gasteiger partial charge in [-0.3, -0.25) is 0 Å². The smallest absolute Gasteiger partial charge is 0.0708 e. The average Bonchev–Trinajstić information content (AvgIpc) is 2.99. The van der Waals surface area contributed by atoms with E-state index in [-0.39, 0.29) is 12.2 Å². The molecule has 0 unspecified atom stereocenters. The molecule has 0 saturated heterocycles. The molecule has 1 fully saturated rings. The number of aliphatic hydroxyl groups is 1. The summed E-state index contributed by atoms with van der Waals surface area (Å²) in [5, 5.41) is 8.52. The summed E-state index contributed by atoms with van der Waals surface area (Å²) in [6.07, 6.45) is 7.52. The molecule has 1 aliphatic carbocycles. The summed E-state index contributed by atoms with van der Waals surface area (Å²) in [6, 6.07) is 0. The molecule has 15 heavy (non-hydrogen) atoms. The third kappa shape index (κ3) is 5.50. The molecule has 3 nitrogen and oxygen atoms in total. The fraction of sp³-hybridized carbons (Fsp3) is 1.00. The Labute approximate surface area is 92.8 Å². The van der Waals surface area contributed by atoms with Crippen molar-refractivity contribution in [1.29, 1.82) is 0 Å². The predicted octanol–water partition coefficient (Wildman–Crippen LogP) is 2.12. The van der Waals surface area contributed by atoms with Gasteiger partial charge in [-0.15, -0.1) is 0 Å². The molecule has 0 heterocycles. The highest BCUT2D eigenvalue weighted by atomic mass is 16.5. The van der Waals surface area contributed by atoms with Crippen LogP contribution in [0.15, 0.2) is 0 Å². The summed E-state index contributed by atoms with van der Waals surface area (Å²) in [7, 11) is 0. The molecule has 1 saturated carbocycles. The first-order valence-electron chi connectivity index (χ1n) is 6.15. The van der Waals surface area contributed by atoms with Crippen LogP contribution in [-0.4, -0.2) is 37.1 Å². The zero-order valence-electron chi connectivity index (χ0n) is 9.83. The molecule has 0 aromatic carbocycles. The first-order valence-corrected chi connectivity index (χ1v) is 6.15. The van der Waals surface area contributed by atoms with Gasteiger partial charge in [0.15, 0.2) is 0 Å². The van der Waals surface area contributed by atoms with Crippen molar-refractivity contribution in [2.75, 3.05) is 26.4 Å². The molecule has 3 heteroatoms. The molecule has 0 radical (unpaired) electrons. The van der Waals surface area contributed by atoms with Crippen molar-refractivity contribution in [3.05, 3.63) is 0 Å². The van der Waals surface area contributed by atoms with Crippen LogP contribution in [0.25, 0.3) is 0 Å². The van der Waals surface area contributed by atoms with Crippen LogP contribution in [0.1, 0.15) is 45.4 Å². The molecule has 0 amide bonds. The van der Waals surface area contributed by atoms with Crippen LogP contribution in [-0.2, 0) is 9.47 Å². The monoisotopic (exact) mass is 216 g/mol. The van der Waals surface area contributed by atoms with E-state index in [1.165, 1.54) is 38.5 Å². The molecular weight excluding hydrogens is 192 g/mol. The van der Waals surface area contributed by atoms with Crippen molar-refractivity contribution in [3.8, 4) is 0 Å². The van der Waals surface area contributed by atoms with Crippen LogP contribution in [0.3, 0.4) is 0 Å². The second-order valence-corrected chi connectivity index (χ2v) is 4.32. The van der Waals surface area contributed by atoms with Gasteiger partial charge in [0.25, 0.3) is 0 Å². The topological polar surface area (TPSA) is 38.7 Å². The standard InChI is InChI=1S/C12H24O3/c1-2-3-4-5-12(6-7-12)15-11-10-14-9-8-13/h13H,2-11H2,1H3. The zero-order valence-corrected chi connectivity index (χ0v) is 9.83. The Morgan fingerprint density at radius 3 is 2.53 bits per heavy atom. The second kappa shape index (κ2) is 7.20. The van der Waals surface area contributed by atoms with Gasteiger partial charge in [-0.1, -0.05) is 26.2 Å². The number of aliphatic hydroxyl groups excluding tert-OH is 1. The summed E-state index contributed by atoms with van der Waals surface area (Å²) in [4.78, 5) is 0. The minimum Gasteiger partial charge on any atom is -0.394 e. The van der Waals surface area contributed by atoms with E-state index >= 15 is 0 Å². The molecular formula is C12H24O3. The molecule has 1 rings (SSSR count). The van der Waals surface area contributed by atoms with Gasteiger partial charge in [0.05, 0.1) is 32.0 Å². The largest absolute Gasteiger partial charge is 0.394 e. The summed E-state index contributed by atoms with van der Waals surface area (Å²) in [5.74, 6) is 0. The quantitative estimate of drug-likeness (QED) is 0.568. The first-order chi connectivity index (χ1) is 7.33. The molecule has 1 aliphatic rings. The van der Waals surface area contributed by atoms with Crippen LogP contribution < -0.4 is 0 Å². The van der Waals surface area contributed by atoms with Crippen molar-refractivity contribution in [3.63, 3.8) is 0 Å². The lowest BCUT2D eigenvalue weighted by Gasteiger charge is -2.16. The van der Waals surface area contributed by atoms with E-state index < -0.39 is 0 Å². The molecule has 1 N–H and O–H groups in total. The van der Waals surface area contributed by atoms with Crippen LogP contribution in [0, 0.1) is 0 Å². The van der Waals surface area contributed by atoms with Crippen LogP contribution in [0.5, 0.6) is 0 Å². The molecule has 0 aromatic heterocycles. The molecule has 0 aromatic rings. The van der Waals surface area contributed by atoms with Gasteiger partial charge in [-0.2, -0.15) is 0 Å². The van der Waals surface area contributed by atoms with Gasteiger partial charge in [-0.05, 0) is 19.3 Å². The number of ether oxygens (including phenoxy) is 2. The van der Waals surface area contributed by atoms with Crippen LogP contribution >= 0.6 is 0 Å². The maximum Gasteiger partial charge on any atom is 0.0708 e. The normalized spacial score (nSPS) is 18.0. The lowest BCUT2D eigenvalue weighted by molar-refractivity contribution is -0.0194. The van der Waals surface area contributed by atoms with E-state index in [1.807, 2.05) is 0 Å². The average molecular weight is 216 g/mol. The first kappa shape index (κ1) is 12.9. The maximum absolute atomic E-state index is 8.52. The Balaban J connectivity index is 1.94. The van der Waals surface area contributed by atoms with Gasteiger partial charge in [0, 0.05) is 0 Å². The highest BCUT2D eigenvalue weighted by molar-refractivity contribution is 4.95. The minimum absolute atomic E-state index is 0.0989. The lowest BCUT2D eigenvalue weighted by atomic mass is 10.1.